The monoisotopic (exact) mass is 235 g/mol. The van der Waals surface area contributed by atoms with Crippen LogP contribution in [0.2, 0.25) is 0 Å². The molecular weight excluding hydrogens is 218 g/mol. The molecule has 0 saturated heterocycles. The van der Waals surface area contributed by atoms with Crippen molar-refractivity contribution in [2.45, 2.75) is 26.7 Å². The van der Waals surface area contributed by atoms with Crippen LogP contribution < -0.4 is 4.74 Å². The lowest BCUT2D eigenvalue weighted by Gasteiger charge is -2.06. The van der Waals surface area contributed by atoms with Crippen molar-refractivity contribution in [3.63, 3.8) is 0 Å². The van der Waals surface area contributed by atoms with Gasteiger partial charge in [0.25, 0.3) is 0 Å². The minimum absolute atomic E-state index is 0.221. The number of carboxylic acid groups (broad SMARTS) is 1. The van der Waals surface area contributed by atoms with E-state index in [-0.39, 0.29) is 5.56 Å². The first-order valence-corrected chi connectivity index (χ1v) is 5.65. The van der Waals surface area contributed by atoms with Gasteiger partial charge >= 0.3 is 5.97 Å². The van der Waals surface area contributed by atoms with Gasteiger partial charge in [-0.3, -0.25) is 0 Å². The van der Waals surface area contributed by atoms with Crippen molar-refractivity contribution < 1.29 is 14.6 Å². The third-order valence-corrected chi connectivity index (χ3v) is 2.17. The van der Waals surface area contributed by atoms with Gasteiger partial charge in [-0.15, -0.1) is 0 Å². The van der Waals surface area contributed by atoms with Crippen molar-refractivity contribution >= 4 is 5.97 Å². The van der Waals surface area contributed by atoms with E-state index in [2.05, 4.69) is 4.98 Å². The zero-order valence-electron chi connectivity index (χ0n) is 10.1. The molecule has 92 valence electrons. The molecule has 0 aliphatic heterocycles. The van der Waals surface area contributed by atoms with E-state index in [1.165, 1.54) is 6.07 Å². The first-order valence-electron chi connectivity index (χ1n) is 5.65. The highest BCUT2D eigenvalue weighted by Gasteiger charge is 2.08. The maximum Gasteiger partial charge on any atom is 0.335 e. The maximum absolute atomic E-state index is 10.9. The summed E-state index contributed by atoms with van der Waals surface area (Å²) in [6, 6.07) is 3.04. The van der Waals surface area contributed by atoms with E-state index < -0.39 is 5.97 Å². The Morgan fingerprint density at radius 2 is 2.29 bits per heavy atom. The van der Waals surface area contributed by atoms with Gasteiger partial charge in [0.15, 0.2) is 0 Å². The van der Waals surface area contributed by atoms with E-state index in [9.17, 15) is 4.79 Å². The Morgan fingerprint density at radius 3 is 2.88 bits per heavy atom. The van der Waals surface area contributed by atoms with Gasteiger partial charge in [-0.1, -0.05) is 25.5 Å². The third kappa shape index (κ3) is 4.26. The van der Waals surface area contributed by atoms with Gasteiger partial charge in [0.1, 0.15) is 6.61 Å². The molecule has 0 aromatic carbocycles. The van der Waals surface area contributed by atoms with Crippen molar-refractivity contribution in [2.24, 2.45) is 0 Å². The molecule has 0 unspecified atom stereocenters. The van der Waals surface area contributed by atoms with E-state index in [0.717, 1.165) is 18.5 Å². The second kappa shape index (κ2) is 6.68. The molecule has 1 aromatic rings. The summed E-state index contributed by atoms with van der Waals surface area (Å²) in [6.07, 6.45) is 5.38. The smallest absolute Gasteiger partial charge is 0.335 e. The summed E-state index contributed by atoms with van der Waals surface area (Å²) in [7, 11) is 0. The third-order valence-electron chi connectivity index (χ3n) is 2.17. The molecular formula is C13H17NO3. The Hall–Kier alpha value is -1.84. The number of carboxylic acids is 1. The average Bonchev–Trinajstić information content (AvgIpc) is 2.29. The molecule has 0 spiro atoms. The number of ether oxygens (including phenoxy) is 1. The van der Waals surface area contributed by atoms with Crippen LogP contribution in [0.5, 0.6) is 5.88 Å². The quantitative estimate of drug-likeness (QED) is 0.770. The van der Waals surface area contributed by atoms with Crippen molar-refractivity contribution in [2.75, 3.05) is 6.61 Å². The van der Waals surface area contributed by atoms with Crippen LogP contribution in [0.25, 0.3) is 0 Å². The number of pyridine rings is 1. The molecule has 0 fully saturated rings. The summed E-state index contributed by atoms with van der Waals surface area (Å²) in [5.41, 5.74) is 0.974. The molecule has 0 radical (unpaired) electrons. The summed E-state index contributed by atoms with van der Waals surface area (Å²) in [6.45, 7) is 4.32. The molecule has 1 heterocycles. The molecule has 0 saturated carbocycles. The van der Waals surface area contributed by atoms with E-state index in [1.54, 1.807) is 6.07 Å². The van der Waals surface area contributed by atoms with Crippen molar-refractivity contribution in [3.8, 4) is 5.88 Å². The number of allylic oxidation sites excluding steroid dienone is 1. The number of rotatable bonds is 6. The summed E-state index contributed by atoms with van der Waals surface area (Å²) in [5.74, 6) is -0.591. The summed E-state index contributed by atoms with van der Waals surface area (Å²) in [4.78, 5) is 15.2. The maximum atomic E-state index is 10.9. The van der Waals surface area contributed by atoms with Gasteiger partial charge in [0.2, 0.25) is 5.88 Å². The van der Waals surface area contributed by atoms with Crippen LogP contribution in [-0.2, 0) is 6.42 Å². The lowest BCUT2D eigenvalue weighted by atomic mass is 10.1. The first kappa shape index (κ1) is 13.2. The fourth-order valence-corrected chi connectivity index (χ4v) is 1.37. The Balaban J connectivity index is 2.90. The minimum atomic E-state index is -0.958. The fraction of sp³-hybridized carbons (Fsp3) is 0.385. The summed E-state index contributed by atoms with van der Waals surface area (Å²) >= 11 is 0. The molecule has 1 rings (SSSR count). The van der Waals surface area contributed by atoms with Crippen LogP contribution in [0, 0.1) is 0 Å². The van der Waals surface area contributed by atoms with Crippen LogP contribution >= 0.6 is 0 Å². The zero-order chi connectivity index (χ0) is 12.7. The van der Waals surface area contributed by atoms with Gasteiger partial charge in [0, 0.05) is 11.8 Å². The molecule has 0 amide bonds. The van der Waals surface area contributed by atoms with Crippen LogP contribution in [0.15, 0.2) is 24.3 Å². The van der Waals surface area contributed by atoms with Crippen LogP contribution in [0.1, 0.15) is 36.3 Å². The number of aryl methyl sites for hydroxylation is 1. The first-order chi connectivity index (χ1) is 8.17. The Labute approximate surface area is 101 Å². The number of carbonyl (C=O) groups is 1. The molecule has 0 aliphatic carbocycles. The number of nitrogens with zero attached hydrogens (tertiary/aromatic N) is 1. The normalized spacial score (nSPS) is 10.7. The summed E-state index contributed by atoms with van der Waals surface area (Å²) < 4.78 is 5.36. The highest BCUT2D eigenvalue weighted by molar-refractivity contribution is 5.88. The molecule has 17 heavy (non-hydrogen) atoms. The summed E-state index contributed by atoms with van der Waals surface area (Å²) in [5, 5.41) is 8.98. The topological polar surface area (TPSA) is 59.4 Å². The zero-order valence-corrected chi connectivity index (χ0v) is 10.1. The Kier molecular flexibility index (Phi) is 5.20. The van der Waals surface area contributed by atoms with Gasteiger partial charge in [-0.25, -0.2) is 9.78 Å². The van der Waals surface area contributed by atoms with Crippen molar-refractivity contribution in [1.29, 1.82) is 0 Å². The average molecular weight is 235 g/mol. The number of aromatic carboxylic acids is 1. The van der Waals surface area contributed by atoms with E-state index in [1.807, 2.05) is 26.0 Å². The molecule has 4 heteroatoms. The van der Waals surface area contributed by atoms with E-state index >= 15 is 0 Å². The highest BCUT2D eigenvalue weighted by atomic mass is 16.5. The minimum Gasteiger partial charge on any atom is -0.478 e. The molecule has 0 aliphatic rings. The lowest BCUT2D eigenvalue weighted by molar-refractivity contribution is 0.0696. The highest BCUT2D eigenvalue weighted by Crippen LogP contribution is 2.14. The van der Waals surface area contributed by atoms with Gasteiger partial charge < -0.3 is 9.84 Å². The van der Waals surface area contributed by atoms with Gasteiger partial charge in [0.05, 0.1) is 5.56 Å². The number of aromatic nitrogens is 1. The SMILES string of the molecule is C/C=C/COc1cc(C(=O)O)cc(CCC)n1. The van der Waals surface area contributed by atoms with Crippen LogP contribution in [0.4, 0.5) is 0 Å². The molecule has 0 bridgehead atoms. The molecule has 1 N–H and O–H groups in total. The predicted octanol–water partition coefficient (Wildman–Crippen LogP) is 2.69. The second-order valence-corrected chi connectivity index (χ2v) is 3.62. The van der Waals surface area contributed by atoms with Gasteiger partial charge in [-0.2, -0.15) is 0 Å². The van der Waals surface area contributed by atoms with Crippen LogP contribution in [0.3, 0.4) is 0 Å². The fourth-order valence-electron chi connectivity index (χ4n) is 1.37. The van der Waals surface area contributed by atoms with Gasteiger partial charge in [-0.05, 0) is 19.4 Å². The lowest BCUT2D eigenvalue weighted by Crippen LogP contribution is -2.04. The Bertz CT molecular complexity index is 413. The predicted molar refractivity (Wildman–Crippen MR) is 65.5 cm³/mol. The number of hydrogen-bond acceptors (Lipinski definition) is 3. The number of hydrogen-bond donors (Lipinski definition) is 1. The molecule has 4 nitrogen and oxygen atoms in total. The standard InChI is InChI=1S/C13H17NO3/c1-3-5-7-17-12-9-10(13(15)16)8-11(14-12)6-4-2/h3,5,8-9H,4,6-7H2,1-2H3,(H,15,16)/b5-3+. The van der Waals surface area contributed by atoms with Crippen molar-refractivity contribution in [1.82, 2.24) is 4.98 Å². The Morgan fingerprint density at radius 1 is 1.53 bits per heavy atom. The van der Waals surface area contributed by atoms with E-state index in [0.29, 0.717) is 12.5 Å². The second-order valence-electron chi connectivity index (χ2n) is 3.62. The molecule has 1 aromatic heterocycles. The van der Waals surface area contributed by atoms with Crippen LogP contribution in [-0.4, -0.2) is 22.7 Å². The molecule has 0 atom stereocenters. The van der Waals surface area contributed by atoms with E-state index in [4.69, 9.17) is 9.84 Å². The van der Waals surface area contributed by atoms with Crippen molar-refractivity contribution in [3.05, 3.63) is 35.5 Å². The largest absolute Gasteiger partial charge is 0.478 e.